The molecule has 8 heteroatoms. The summed E-state index contributed by atoms with van der Waals surface area (Å²) in [6, 6.07) is 6.41. The van der Waals surface area contributed by atoms with Gasteiger partial charge in [-0.1, -0.05) is 18.2 Å². The van der Waals surface area contributed by atoms with Gasteiger partial charge in [0.05, 0.1) is 13.2 Å². The second kappa shape index (κ2) is 6.30. The lowest BCUT2D eigenvalue weighted by Gasteiger charge is -2.26. The first-order valence-electron chi connectivity index (χ1n) is 8.29. The van der Waals surface area contributed by atoms with Gasteiger partial charge in [0.2, 0.25) is 5.95 Å². The Bertz CT molecular complexity index is 915. The molecule has 0 radical (unpaired) electrons. The summed E-state index contributed by atoms with van der Waals surface area (Å²) < 4.78 is 5.40. The molecule has 130 valence electrons. The zero-order valence-electron chi connectivity index (χ0n) is 14.1. The van der Waals surface area contributed by atoms with E-state index < -0.39 is 0 Å². The van der Waals surface area contributed by atoms with Gasteiger partial charge in [-0.15, -0.1) is 0 Å². The molecule has 2 aromatic heterocycles. The average Bonchev–Trinajstić information content (AvgIpc) is 3.00. The van der Waals surface area contributed by atoms with Gasteiger partial charge in [0.1, 0.15) is 5.82 Å². The number of aryl methyl sites for hydroxylation is 1. The molecule has 0 spiro atoms. The van der Waals surface area contributed by atoms with Gasteiger partial charge in [0.15, 0.2) is 17.0 Å². The summed E-state index contributed by atoms with van der Waals surface area (Å²) in [5, 5.41) is 0. The van der Waals surface area contributed by atoms with E-state index in [1.807, 2.05) is 0 Å². The Balaban J connectivity index is 1.63. The molecule has 8 nitrogen and oxygen atoms in total. The summed E-state index contributed by atoms with van der Waals surface area (Å²) in [5.74, 6) is 1.14. The Morgan fingerprint density at radius 1 is 1.16 bits per heavy atom. The largest absolute Gasteiger partial charge is 0.382 e. The number of nitrogen functional groups attached to an aromatic ring is 2. The fourth-order valence-corrected chi connectivity index (χ4v) is 3.17. The highest BCUT2D eigenvalue weighted by atomic mass is 16.5. The molecule has 4 rings (SSSR count). The number of nitrogens with one attached hydrogen (secondary N) is 1. The van der Waals surface area contributed by atoms with Crippen LogP contribution in [0.2, 0.25) is 0 Å². The third kappa shape index (κ3) is 3.13. The Morgan fingerprint density at radius 2 is 1.96 bits per heavy atom. The number of hydrogen-bond donors (Lipinski definition) is 3. The van der Waals surface area contributed by atoms with Gasteiger partial charge < -0.3 is 21.2 Å². The Morgan fingerprint density at radius 3 is 2.72 bits per heavy atom. The number of nitrogens with two attached hydrogens (primary N) is 2. The second-order valence-electron chi connectivity index (χ2n) is 6.29. The highest BCUT2D eigenvalue weighted by Crippen LogP contribution is 2.26. The molecule has 3 heterocycles. The summed E-state index contributed by atoms with van der Waals surface area (Å²) in [6.07, 6.45) is 0. The number of H-pyrrole nitrogens is 1. The maximum Gasteiger partial charge on any atom is 0.224 e. The Kier molecular flexibility index (Phi) is 3.98. The minimum absolute atomic E-state index is 0.137. The molecular formula is C17H21N7O. The Hall–Kier alpha value is -2.71. The average molecular weight is 339 g/mol. The van der Waals surface area contributed by atoms with E-state index in [-0.39, 0.29) is 11.8 Å². The van der Waals surface area contributed by atoms with E-state index in [0.29, 0.717) is 11.2 Å². The van der Waals surface area contributed by atoms with Crippen molar-refractivity contribution in [3.05, 3.63) is 29.3 Å². The van der Waals surface area contributed by atoms with E-state index in [0.717, 1.165) is 49.8 Å². The van der Waals surface area contributed by atoms with Crippen molar-refractivity contribution in [1.29, 1.82) is 0 Å². The van der Waals surface area contributed by atoms with Crippen LogP contribution < -0.4 is 11.5 Å². The van der Waals surface area contributed by atoms with Crippen LogP contribution in [0.25, 0.3) is 22.6 Å². The van der Waals surface area contributed by atoms with Gasteiger partial charge in [-0.25, -0.2) is 4.98 Å². The lowest BCUT2D eigenvalue weighted by molar-refractivity contribution is 0.0342. The zero-order valence-corrected chi connectivity index (χ0v) is 14.1. The molecule has 1 aliphatic heterocycles. The maximum absolute atomic E-state index is 5.89. The van der Waals surface area contributed by atoms with Crippen molar-refractivity contribution in [3.63, 3.8) is 0 Å². The van der Waals surface area contributed by atoms with Crippen molar-refractivity contribution in [2.75, 3.05) is 37.8 Å². The van der Waals surface area contributed by atoms with Crippen molar-refractivity contribution in [2.45, 2.75) is 13.5 Å². The number of nitrogens with zero attached hydrogens (tertiary/aromatic N) is 4. The maximum atomic E-state index is 5.89. The van der Waals surface area contributed by atoms with E-state index in [1.54, 1.807) is 0 Å². The lowest BCUT2D eigenvalue weighted by atomic mass is 10.0. The van der Waals surface area contributed by atoms with Crippen LogP contribution in [-0.2, 0) is 11.3 Å². The van der Waals surface area contributed by atoms with E-state index >= 15 is 0 Å². The van der Waals surface area contributed by atoms with Crippen LogP contribution in [-0.4, -0.2) is 51.1 Å². The number of benzene rings is 1. The molecule has 1 aromatic carbocycles. The zero-order chi connectivity index (χ0) is 17.4. The molecule has 0 saturated carbocycles. The number of aromatic amines is 1. The highest BCUT2D eigenvalue weighted by molar-refractivity contribution is 5.85. The minimum atomic E-state index is 0.137. The molecule has 0 aliphatic carbocycles. The number of ether oxygens (including phenoxy) is 1. The van der Waals surface area contributed by atoms with E-state index in [4.69, 9.17) is 16.2 Å². The van der Waals surface area contributed by atoms with Crippen molar-refractivity contribution >= 4 is 22.9 Å². The van der Waals surface area contributed by atoms with Crippen LogP contribution in [0.4, 0.5) is 11.8 Å². The van der Waals surface area contributed by atoms with Gasteiger partial charge in [-0.2, -0.15) is 9.97 Å². The standard InChI is InChI=1S/C17H21N7O/c1-10-8-11(9-24-4-6-25-7-5-24)2-3-12(10)15-20-13-14(18)21-17(19)23-16(13)22-15/h2-3,8H,4-7,9H2,1H3,(H5,18,19,20,21,22,23). The van der Waals surface area contributed by atoms with Gasteiger partial charge in [-0.3, -0.25) is 4.90 Å². The van der Waals surface area contributed by atoms with Gasteiger partial charge in [-0.05, 0) is 18.1 Å². The molecule has 1 aliphatic rings. The predicted octanol–water partition coefficient (Wildman–Crippen LogP) is 1.32. The Labute approximate surface area is 145 Å². The molecule has 1 saturated heterocycles. The second-order valence-corrected chi connectivity index (χ2v) is 6.29. The smallest absolute Gasteiger partial charge is 0.224 e. The van der Waals surface area contributed by atoms with Crippen LogP contribution in [0.15, 0.2) is 18.2 Å². The molecule has 3 aromatic rings. The topological polar surface area (TPSA) is 119 Å². The summed E-state index contributed by atoms with van der Waals surface area (Å²) in [5.41, 5.74) is 16.1. The number of imidazole rings is 1. The number of aromatic nitrogens is 4. The molecule has 0 unspecified atom stereocenters. The fourth-order valence-electron chi connectivity index (χ4n) is 3.17. The van der Waals surface area contributed by atoms with Crippen molar-refractivity contribution < 1.29 is 4.74 Å². The molecule has 1 fully saturated rings. The first-order valence-corrected chi connectivity index (χ1v) is 8.29. The third-order valence-electron chi connectivity index (χ3n) is 4.44. The van der Waals surface area contributed by atoms with Crippen LogP contribution in [0.3, 0.4) is 0 Å². The molecule has 25 heavy (non-hydrogen) atoms. The predicted molar refractivity (Wildman–Crippen MR) is 96.8 cm³/mol. The van der Waals surface area contributed by atoms with E-state index in [1.165, 1.54) is 5.56 Å². The third-order valence-corrected chi connectivity index (χ3v) is 4.44. The normalized spacial score (nSPS) is 15.7. The lowest BCUT2D eigenvalue weighted by Crippen LogP contribution is -2.35. The molecule has 0 bridgehead atoms. The van der Waals surface area contributed by atoms with Crippen LogP contribution in [0, 0.1) is 6.92 Å². The number of morpholine rings is 1. The van der Waals surface area contributed by atoms with Gasteiger partial charge >= 0.3 is 0 Å². The van der Waals surface area contributed by atoms with Crippen LogP contribution in [0.5, 0.6) is 0 Å². The molecule has 5 N–H and O–H groups in total. The summed E-state index contributed by atoms with van der Waals surface area (Å²) in [6.45, 7) is 6.57. The molecular weight excluding hydrogens is 318 g/mol. The SMILES string of the molecule is Cc1cc(CN2CCOCC2)ccc1-c1nc2c(N)nc(N)nc2[nH]1. The van der Waals surface area contributed by atoms with Crippen molar-refractivity contribution in [1.82, 2.24) is 24.8 Å². The molecule has 0 amide bonds. The van der Waals surface area contributed by atoms with Crippen molar-refractivity contribution in [3.8, 4) is 11.4 Å². The first-order chi connectivity index (χ1) is 12.1. The first kappa shape index (κ1) is 15.8. The van der Waals surface area contributed by atoms with Gasteiger partial charge in [0.25, 0.3) is 0 Å². The van der Waals surface area contributed by atoms with E-state index in [2.05, 4.69) is 50.0 Å². The highest BCUT2D eigenvalue weighted by Gasteiger charge is 2.14. The van der Waals surface area contributed by atoms with E-state index in [9.17, 15) is 0 Å². The minimum Gasteiger partial charge on any atom is -0.382 e. The number of fused-ring (bicyclic) bond motifs is 1. The number of rotatable bonds is 3. The van der Waals surface area contributed by atoms with Gasteiger partial charge in [0, 0.05) is 25.2 Å². The van der Waals surface area contributed by atoms with Crippen LogP contribution >= 0.6 is 0 Å². The molecule has 0 atom stereocenters. The number of anilines is 2. The quantitative estimate of drug-likeness (QED) is 0.658. The number of hydrogen-bond acceptors (Lipinski definition) is 7. The van der Waals surface area contributed by atoms with Crippen LogP contribution in [0.1, 0.15) is 11.1 Å². The monoisotopic (exact) mass is 339 g/mol. The summed E-state index contributed by atoms with van der Waals surface area (Å²) in [7, 11) is 0. The summed E-state index contributed by atoms with van der Waals surface area (Å²) >= 11 is 0. The van der Waals surface area contributed by atoms with Crippen molar-refractivity contribution in [2.24, 2.45) is 0 Å². The summed E-state index contributed by atoms with van der Waals surface area (Å²) in [4.78, 5) is 18.2. The fraction of sp³-hybridized carbons (Fsp3) is 0.353.